The summed E-state index contributed by atoms with van der Waals surface area (Å²) < 4.78 is 7.15. The van der Waals surface area contributed by atoms with Crippen molar-refractivity contribution in [3.8, 4) is 5.75 Å². The summed E-state index contributed by atoms with van der Waals surface area (Å²) in [6, 6.07) is 9.30. The highest BCUT2D eigenvalue weighted by molar-refractivity contribution is 5.77. The van der Waals surface area contributed by atoms with Crippen LogP contribution in [0, 0.1) is 5.92 Å². The molecule has 0 radical (unpaired) electrons. The first kappa shape index (κ1) is 18.7. The van der Waals surface area contributed by atoms with Crippen molar-refractivity contribution in [1.82, 2.24) is 19.6 Å². The van der Waals surface area contributed by atoms with E-state index in [-0.39, 0.29) is 0 Å². The van der Waals surface area contributed by atoms with Gasteiger partial charge in [-0.2, -0.15) is 5.10 Å². The zero-order chi connectivity index (χ0) is 20.0. The fraction of sp³-hybridized carbons (Fsp3) is 0.565. The van der Waals surface area contributed by atoms with Crippen LogP contribution >= 0.6 is 0 Å². The molecule has 4 saturated heterocycles. The molecule has 154 valence electrons. The van der Waals surface area contributed by atoms with Crippen LogP contribution in [0.5, 0.6) is 5.75 Å². The number of aromatic nitrogens is 2. The number of rotatable bonds is 5. The quantitative estimate of drug-likeness (QED) is 0.782. The number of likely N-dealkylation sites (tertiary alicyclic amines) is 1. The molecule has 6 heteroatoms. The second kappa shape index (κ2) is 7.48. The highest BCUT2D eigenvalue weighted by Crippen LogP contribution is 2.46. The Morgan fingerprint density at radius 3 is 2.59 bits per heavy atom. The van der Waals surface area contributed by atoms with Crippen molar-refractivity contribution in [2.45, 2.75) is 43.7 Å². The summed E-state index contributed by atoms with van der Waals surface area (Å²) in [6.45, 7) is 3.19. The molecular formula is C23H30N4O2. The fourth-order valence-electron chi connectivity index (χ4n) is 5.84. The van der Waals surface area contributed by atoms with Crippen LogP contribution in [0.25, 0.3) is 0 Å². The molecule has 3 unspecified atom stereocenters. The highest BCUT2D eigenvalue weighted by Gasteiger charge is 2.54. The maximum atomic E-state index is 13.3. The van der Waals surface area contributed by atoms with Crippen LogP contribution in [0.2, 0.25) is 0 Å². The standard InChI is InChI=1S/C23H30N4O2/c1-25-14-16(13-24-25)3-8-21(28)27-15-20(17-4-6-19(29-2)7-5-17)23-22(27)18-9-11-26(23)12-10-18/h4-7,13-14,18,20,22-23H,3,8-12,15H2,1-2H3. The summed E-state index contributed by atoms with van der Waals surface area (Å²) in [5, 5.41) is 4.23. The topological polar surface area (TPSA) is 50.6 Å². The predicted molar refractivity (Wildman–Crippen MR) is 111 cm³/mol. The average molecular weight is 395 g/mol. The van der Waals surface area contributed by atoms with Crippen LogP contribution in [0.15, 0.2) is 36.7 Å². The Hall–Kier alpha value is -2.34. The molecule has 3 atom stereocenters. The molecule has 29 heavy (non-hydrogen) atoms. The zero-order valence-electron chi connectivity index (χ0n) is 17.3. The van der Waals surface area contributed by atoms with Crippen molar-refractivity contribution in [2.24, 2.45) is 13.0 Å². The van der Waals surface area contributed by atoms with E-state index in [0.717, 1.165) is 24.3 Å². The number of hydrogen-bond donors (Lipinski definition) is 0. The highest BCUT2D eigenvalue weighted by atomic mass is 16.5. The summed E-state index contributed by atoms with van der Waals surface area (Å²) >= 11 is 0. The molecule has 1 aromatic heterocycles. The third kappa shape index (κ3) is 3.33. The van der Waals surface area contributed by atoms with Gasteiger partial charge < -0.3 is 9.64 Å². The van der Waals surface area contributed by atoms with E-state index in [0.29, 0.717) is 36.2 Å². The van der Waals surface area contributed by atoms with Gasteiger partial charge in [0.15, 0.2) is 0 Å². The number of aryl methyl sites for hydroxylation is 2. The number of methoxy groups -OCH3 is 1. The Morgan fingerprint density at radius 2 is 1.93 bits per heavy atom. The minimum Gasteiger partial charge on any atom is -0.497 e. The number of piperidine rings is 3. The Balaban J connectivity index is 1.37. The lowest BCUT2D eigenvalue weighted by atomic mass is 9.75. The number of benzene rings is 1. The third-order valence-corrected chi connectivity index (χ3v) is 7.24. The maximum Gasteiger partial charge on any atom is 0.223 e. The number of carbonyl (C=O) groups is 1. The van der Waals surface area contributed by atoms with Crippen LogP contribution in [0.4, 0.5) is 0 Å². The first-order chi connectivity index (χ1) is 14.1. The van der Waals surface area contributed by atoms with E-state index < -0.39 is 0 Å². The van der Waals surface area contributed by atoms with Crippen LogP contribution in [0.3, 0.4) is 0 Å². The Morgan fingerprint density at radius 1 is 1.17 bits per heavy atom. The van der Waals surface area contributed by atoms with E-state index in [1.807, 2.05) is 31.6 Å². The Bertz CT molecular complexity index is 869. The molecule has 4 aliphatic heterocycles. The van der Waals surface area contributed by atoms with Crippen LogP contribution in [0.1, 0.15) is 36.3 Å². The fourth-order valence-corrected chi connectivity index (χ4v) is 5.84. The molecule has 0 aliphatic carbocycles. The molecule has 2 bridgehead atoms. The molecular weight excluding hydrogens is 364 g/mol. The van der Waals surface area contributed by atoms with Gasteiger partial charge in [0.2, 0.25) is 5.91 Å². The van der Waals surface area contributed by atoms with Gasteiger partial charge in [-0.1, -0.05) is 12.1 Å². The van der Waals surface area contributed by atoms with Crippen LogP contribution in [-0.4, -0.2) is 64.3 Å². The maximum absolute atomic E-state index is 13.3. The molecule has 0 spiro atoms. The zero-order valence-corrected chi connectivity index (χ0v) is 17.3. The number of nitrogens with zero attached hydrogens (tertiary/aromatic N) is 4. The largest absolute Gasteiger partial charge is 0.497 e. The summed E-state index contributed by atoms with van der Waals surface area (Å²) in [7, 11) is 3.62. The van der Waals surface area contributed by atoms with Crippen molar-refractivity contribution in [3.05, 3.63) is 47.8 Å². The normalized spacial score (nSPS) is 30.4. The summed E-state index contributed by atoms with van der Waals surface area (Å²) in [6.07, 6.45) is 7.66. The van der Waals surface area contributed by atoms with Gasteiger partial charge in [0.05, 0.1) is 19.3 Å². The van der Waals surface area contributed by atoms with Gasteiger partial charge in [0, 0.05) is 38.2 Å². The minimum atomic E-state index is 0.300. The number of hydrogen-bond acceptors (Lipinski definition) is 4. The van der Waals surface area contributed by atoms with Crippen LogP contribution in [-0.2, 0) is 18.3 Å². The number of ether oxygens (including phenoxy) is 1. The predicted octanol–water partition coefficient (Wildman–Crippen LogP) is 2.45. The van der Waals surface area contributed by atoms with Crippen molar-refractivity contribution in [2.75, 3.05) is 26.7 Å². The lowest BCUT2D eigenvalue weighted by Gasteiger charge is -2.51. The lowest BCUT2D eigenvalue weighted by Crippen LogP contribution is -2.60. The summed E-state index contributed by atoms with van der Waals surface area (Å²) in [4.78, 5) is 18.2. The molecule has 6 rings (SSSR count). The molecule has 1 aromatic carbocycles. The number of fused-ring (bicyclic) bond motifs is 2. The smallest absolute Gasteiger partial charge is 0.223 e. The van der Waals surface area contributed by atoms with E-state index in [1.165, 1.54) is 31.5 Å². The summed E-state index contributed by atoms with van der Waals surface area (Å²) in [5.41, 5.74) is 2.47. The Labute approximate surface area is 172 Å². The van der Waals surface area contributed by atoms with Crippen LogP contribution < -0.4 is 4.74 Å². The van der Waals surface area contributed by atoms with Gasteiger partial charge in [-0.3, -0.25) is 14.4 Å². The van der Waals surface area contributed by atoms with E-state index in [2.05, 4.69) is 27.0 Å². The minimum absolute atomic E-state index is 0.300. The third-order valence-electron chi connectivity index (χ3n) is 7.24. The van der Waals surface area contributed by atoms with Gasteiger partial charge in [0.25, 0.3) is 0 Å². The molecule has 0 N–H and O–H groups in total. The monoisotopic (exact) mass is 394 g/mol. The molecule has 4 aliphatic rings. The van der Waals surface area contributed by atoms with Crippen molar-refractivity contribution in [1.29, 1.82) is 0 Å². The second-order valence-electron chi connectivity index (χ2n) is 8.80. The van der Waals surface area contributed by atoms with Gasteiger partial charge in [-0.15, -0.1) is 0 Å². The van der Waals surface area contributed by atoms with E-state index in [1.54, 1.807) is 11.8 Å². The molecule has 2 aromatic rings. The molecule has 6 nitrogen and oxygen atoms in total. The number of amides is 1. The molecule has 4 fully saturated rings. The van der Waals surface area contributed by atoms with E-state index in [4.69, 9.17) is 4.74 Å². The number of carbonyl (C=O) groups excluding carboxylic acids is 1. The molecule has 0 saturated carbocycles. The van der Waals surface area contributed by atoms with Gasteiger partial charge in [-0.25, -0.2) is 0 Å². The van der Waals surface area contributed by atoms with Gasteiger partial charge >= 0.3 is 0 Å². The lowest BCUT2D eigenvalue weighted by molar-refractivity contribution is -0.135. The summed E-state index contributed by atoms with van der Waals surface area (Å²) in [5.74, 6) is 2.22. The average Bonchev–Trinajstić information content (AvgIpc) is 3.38. The van der Waals surface area contributed by atoms with Gasteiger partial charge in [-0.05, 0) is 61.5 Å². The SMILES string of the molecule is COc1ccc(C2CN(C(=O)CCc3cnn(C)c3)C3C4CCN(CC4)C23)cc1. The van der Waals surface area contributed by atoms with Crippen molar-refractivity contribution < 1.29 is 9.53 Å². The Kier molecular flexibility index (Phi) is 4.82. The first-order valence-corrected chi connectivity index (χ1v) is 10.8. The second-order valence-corrected chi connectivity index (χ2v) is 8.80. The van der Waals surface area contributed by atoms with Crippen molar-refractivity contribution in [3.63, 3.8) is 0 Å². The molecule has 5 heterocycles. The first-order valence-electron chi connectivity index (χ1n) is 10.8. The van der Waals surface area contributed by atoms with Crippen molar-refractivity contribution >= 4 is 5.91 Å². The van der Waals surface area contributed by atoms with E-state index in [9.17, 15) is 4.79 Å². The van der Waals surface area contributed by atoms with Gasteiger partial charge in [0.1, 0.15) is 5.75 Å². The molecule has 1 amide bonds. The van der Waals surface area contributed by atoms with E-state index >= 15 is 0 Å².